The second-order valence-corrected chi connectivity index (χ2v) is 8.35. The molecule has 1 fully saturated rings. The summed E-state index contributed by atoms with van der Waals surface area (Å²) in [5.41, 5.74) is 2.47. The van der Waals surface area contributed by atoms with E-state index in [1.165, 1.54) is 8.61 Å². The lowest BCUT2D eigenvalue weighted by Gasteiger charge is -2.32. The molecule has 24 heavy (non-hydrogen) atoms. The van der Waals surface area contributed by atoms with Crippen LogP contribution in [-0.2, 0) is 10.2 Å². The third kappa shape index (κ3) is 3.33. The van der Waals surface area contributed by atoms with Crippen LogP contribution in [0.2, 0.25) is 0 Å². The number of aryl methyl sites for hydroxylation is 1. The summed E-state index contributed by atoms with van der Waals surface area (Å²) in [5.74, 6) is 0.688. The minimum absolute atomic E-state index is 0.00459. The molecule has 3 rings (SSSR count). The van der Waals surface area contributed by atoms with Gasteiger partial charge < -0.3 is 0 Å². The fraction of sp³-hybridized carbons (Fsp3) is 0.533. The summed E-state index contributed by atoms with van der Waals surface area (Å²) >= 11 is 0. The van der Waals surface area contributed by atoms with Gasteiger partial charge in [-0.1, -0.05) is 0 Å². The molecule has 1 unspecified atom stereocenters. The van der Waals surface area contributed by atoms with Crippen LogP contribution in [0.4, 0.5) is 0 Å². The number of piperidine rings is 1. The van der Waals surface area contributed by atoms with Crippen molar-refractivity contribution in [3.8, 4) is 11.4 Å². The minimum atomic E-state index is -3.41. The van der Waals surface area contributed by atoms with Gasteiger partial charge >= 0.3 is 0 Å². The molecule has 1 atom stereocenters. The second-order valence-electron chi connectivity index (χ2n) is 6.21. The Balaban J connectivity index is 1.89. The molecule has 2 aromatic rings. The molecule has 0 saturated carbocycles. The molecule has 1 aliphatic heterocycles. The normalized spacial score (nSPS) is 19.8. The molecule has 1 N–H and O–H groups in total. The van der Waals surface area contributed by atoms with Crippen LogP contribution in [0.1, 0.15) is 30.3 Å². The summed E-state index contributed by atoms with van der Waals surface area (Å²) in [4.78, 5) is 9.19. The zero-order valence-electron chi connectivity index (χ0n) is 14.1. The van der Waals surface area contributed by atoms with Gasteiger partial charge in [0.05, 0.1) is 11.4 Å². The lowest BCUT2D eigenvalue weighted by Crippen LogP contribution is -2.45. The molecule has 8 nitrogen and oxygen atoms in total. The van der Waals surface area contributed by atoms with Crippen LogP contribution >= 0.6 is 0 Å². The van der Waals surface area contributed by atoms with Crippen molar-refractivity contribution in [3.63, 3.8) is 0 Å². The maximum atomic E-state index is 12.4. The summed E-state index contributed by atoms with van der Waals surface area (Å²) in [6.45, 7) is 2.87. The first-order valence-electron chi connectivity index (χ1n) is 7.91. The number of nitrogens with zero attached hydrogens (tertiary/aromatic N) is 5. The lowest BCUT2D eigenvalue weighted by molar-refractivity contribution is 0.293. The van der Waals surface area contributed by atoms with E-state index in [4.69, 9.17) is 0 Å². The van der Waals surface area contributed by atoms with Crippen LogP contribution in [0.15, 0.2) is 18.3 Å². The Morgan fingerprint density at radius 3 is 2.79 bits per heavy atom. The van der Waals surface area contributed by atoms with Crippen molar-refractivity contribution in [2.75, 3.05) is 27.2 Å². The van der Waals surface area contributed by atoms with Crippen LogP contribution in [0.5, 0.6) is 0 Å². The second kappa shape index (κ2) is 6.58. The average molecular weight is 350 g/mol. The van der Waals surface area contributed by atoms with Crippen LogP contribution in [0, 0.1) is 6.92 Å². The van der Waals surface area contributed by atoms with Crippen molar-refractivity contribution in [1.82, 2.24) is 28.8 Å². The van der Waals surface area contributed by atoms with E-state index in [0.717, 1.165) is 29.9 Å². The van der Waals surface area contributed by atoms with E-state index < -0.39 is 10.2 Å². The first-order valence-corrected chi connectivity index (χ1v) is 9.30. The van der Waals surface area contributed by atoms with Gasteiger partial charge in [0.25, 0.3) is 10.2 Å². The Hall–Kier alpha value is -1.84. The highest BCUT2D eigenvalue weighted by molar-refractivity contribution is 7.86. The Morgan fingerprint density at radius 1 is 1.33 bits per heavy atom. The van der Waals surface area contributed by atoms with Crippen molar-refractivity contribution >= 4 is 10.2 Å². The predicted molar refractivity (Wildman–Crippen MR) is 90.5 cm³/mol. The molecule has 0 aliphatic carbocycles. The Kier molecular flexibility index (Phi) is 4.66. The number of hydrogen-bond donors (Lipinski definition) is 1. The van der Waals surface area contributed by atoms with Gasteiger partial charge in [0, 0.05) is 45.0 Å². The van der Waals surface area contributed by atoms with E-state index in [0.29, 0.717) is 18.9 Å². The quantitative estimate of drug-likeness (QED) is 0.893. The average Bonchev–Trinajstić information content (AvgIpc) is 3.09. The number of aromatic nitrogens is 4. The fourth-order valence-electron chi connectivity index (χ4n) is 2.90. The van der Waals surface area contributed by atoms with Crippen molar-refractivity contribution in [3.05, 3.63) is 29.8 Å². The molecule has 3 heterocycles. The van der Waals surface area contributed by atoms with E-state index >= 15 is 0 Å². The zero-order chi connectivity index (χ0) is 17.3. The van der Waals surface area contributed by atoms with Crippen molar-refractivity contribution in [1.29, 1.82) is 0 Å². The molecule has 2 aromatic heterocycles. The topological polar surface area (TPSA) is 95.1 Å². The van der Waals surface area contributed by atoms with E-state index in [2.05, 4.69) is 20.2 Å². The lowest BCUT2D eigenvalue weighted by atomic mass is 9.98. The molecule has 130 valence electrons. The van der Waals surface area contributed by atoms with Crippen LogP contribution in [0.25, 0.3) is 11.4 Å². The van der Waals surface area contributed by atoms with Crippen LogP contribution in [0.3, 0.4) is 0 Å². The maximum Gasteiger partial charge on any atom is 0.281 e. The summed E-state index contributed by atoms with van der Waals surface area (Å²) < 4.78 is 27.5. The van der Waals surface area contributed by atoms with E-state index in [-0.39, 0.29) is 5.92 Å². The number of aromatic amines is 1. The van der Waals surface area contributed by atoms with Crippen molar-refractivity contribution < 1.29 is 8.42 Å². The number of H-pyrrole nitrogens is 1. The SMILES string of the molecule is Cc1cc(-c2ccn[nH]2)nc(C2CCCN(S(=O)(=O)N(C)C)C2)n1. The van der Waals surface area contributed by atoms with Gasteiger partial charge in [-0.2, -0.15) is 22.1 Å². The monoisotopic (exact) mass is 350 g/mol. The molecule has 0 spiro atoms. The standard InChI is InChI=1S/C15H22N6O2S/c1-11-9-14(13-6-7-16-19-13)18-15(17-11)12-5-4-8-21(10-12)24(22,23)20(2)3/h6-7,9,12H,4-5,8,10H2,1-3H3,(H,16,19). The maximum absolute atomic E-state index is 12.4. The largest absolute Gasteiger partial charge is 0.281 e. The van der Waals surface area contributed by atoms with Crippen molar-refractivity contribution in [2.24, 2.45) is 0 Å². The van der Waals surface area contributed by atoms with E-state index in [1.54, 1.807) is 20.3 Å². The molecule has 1 aliphatic rings. The number of rotatable bonds is 4. The molecule has 9 heteroatoms. The summed E-state index contributed by atoms with van der Waals surface area (Å²) in [6.07, 6.45) is 3.36. The molecular formula is C15H22N6O2S. The molecule has 1 saturated heterocycles. The number of nitrogens with one attached hydrogen (secondary N) is 1. The summed E-state index contributed by atoms with van der Waals surface area (Å²) in [6, 6.07) is 3.75. The van der Waals surface area contributed by atoms with Gasteiger partial charge in [-0.15, -0.1) is 0 Å². The Bertz CT molecular complexity index is 803. The molecule has 0 bridgehead atoms. The van der Waals surface area contributed by atoms with E-state index in [9.17, 15) is 8.42 Å². The van der Waals surface area contributed by atoms with Gasteiger partial charge in [-0.05, 0) is 31.9 Å². The third-order valence-electron chi connectivity index (χ3n) is 4.19. The summed E-state index contributed by atoms with van der Waals surface area (Å²) in [7, 11) is -0.301. The molecular weight excluding hydrogens is 328 g/mol. The first-order chi connectivity index (χ1) is 11.4. The van der Waals surface area contributed by atoms with Crippen molar-refractivity contribution in [2.45, 2.75) is 25.7 Å². The Morgan fingerprint density at radius 2 is 2.12 bits per heavy atom. The highest BCUT2D eigenvalue weighted by atomic mass is 32.2. The first kappa shape index (κ1) is 17.0. The predicted octanol–water partition coefficient (Wildman–Crippen LogP) is 1.16. The number of hydrogen-bond acceptors (Lipinski definition) is 5. The van der Waals surface area contributed by atoms with Gasteiger partial charge in [-0.25, -0.2) is 9.97 Å². The molecule has 0 radical (unpaired) electrons. The summed E-state index contributed by atoms with van der Waals surface area (Å²) in [5, 5.41) is 6.86. The van der Waals surface area contributed by atoms with Crippen LogP contribution in [-0.4, -0.2) is 64.4 Å². The van der Waals surface area contributed by atoms with Gasteiger partial charge in [0.2, 0.25) is 0 Å². The zero-order valence-corrected chi connectivity index (χ0v) is 14.9. The van der Waals surface area contributed by atoms with Gasteiger partial charge in [0.1, 0.15) is 5.82 Å². The minimum Gasteiger partial charge on any atom is -0.276 e. The van der Waals surface area contributed by atoms with Crippen LogP contribution < -0.4 is 0 Å². The van der Waals surface area contributed by atoms with E-state index in [1.807, 2.05) is 19.1 Å². The Labute approximate surface area is 142 Å². The third-order valence-corrected chi connectivity index (χ3v) is 6.09. The molecule has 0 amide bonds. The fourth-order valence-corrected chi connectivity index (χ4v) is 4.09. The van der Waals surface area contributed by atoms with Gasteiger partial charge in [-0.3, -0.25) is 5.10 Å². The molecule has 0 aromatic carbocycles. The highest BCUT2D eigenvalue weighted by Gasteiger charge is 2.32. The highest BCUT2D eigenvalue weighted by Crippen LogP contribution is 2.28. The smallest absolute Gasteiger partial charge is 0.276 e. The van der Waals surface area contributed by atoms with Gasteiger partial charge in [0.15, 0.2) is 0 Å².